The molecule has 0 aliphatic carbocycles. The minimum Gasteiger partial charge on any atom is -0.493 e. The molecule has 2 aliphatic heterocycles. The van der Waals surface area contributed by atoms with E-state index in [2.05, 4.69) is 41.4 Å². The van der Waals surface area contributed by atoms with Gasteiger partial charge in [-0.15, -0.1) is 0 Å². The molecular formula is C20H30N4O3. The monoisotopic (exact) mass is 374 g/mol. The second kappa shape index (κ2) is 8.17. The van der Waals surface area contributed by atoms with Gasteiger partial charge in [-0.25, -0.2) is 10.2 Å². The minimum atomic E-state index is -0.622. The molecule has 0 saturated carbocycles. The van der Waals surface area contributed by atoms with Crippen molar-refractivity contribution in [3.05, 3.63) is 23.3 Å². The van der Waals surface area contributed by atoms with Gasteiger partial charge in [-0.05, 0) is 42.0 Å². The van der Waals surface area contributed by atoms with Crippen molar-refractivity contribution in [3.8, 4) is 11.5 Å². The third-order valence-corrected chi connectivity index (χ3v) is 5.51. The zero-order chi connectivity index (χ0) is 19.6. The first kappa shape index (κ1) is 19.5. The normalized spacial score (nSPS) is 23.7. The number of hydrazone groups is 1. The van der Waals surface area contributed by atoms with E-state index < -0.39 is 6.03 Å². The Labute approximate surface area is 160 Å². The van der Waals surface area contributed by atoms with Gasteiger partial charge in [0.1, 0.15) is 0 Å². The van der Waals surface area contributed by atoms with Crippen LogP contribution in [0.3, 0.4) is 0 Å². The number of carbonyl (C=O) groups is 1. The highest BCUT2D eigenvalue weighted by Crippen LogP contribution is 2.42. The maximum Gasteiger partial charge on any atom is 0.332 e. The van der Waals surface area contributed by atoms with Gasteiger partial charge in [0, 0.05) is 37.2 Å². The number of nitrogens with one attached hydrogen (secondary N) is 1. The summed E-state index contributed by atoms with van der Waals surface area (Å²) in [6, 6.07) is 3.78. The van der Waals surface area contributed by atoms with Crippen molar-refractivity contribution in [2.24, 2.45) is 22.7 Å². The Bertz CT molecular complexity index is 732. The van der Waals surface area contributed by atoms with Gasteiger partial charge in [-0.1, -0.05) is 13.8 Å². The van der Waals surface area contributed by atoms with Crippen LogP contribution in [0.4, 0.5) is 4.79 Å². The summed E-state index contributed by atoms with van der Waals surface area (Å²) in [6.07, 6.45) is 2.81. The minimum absolute atomic E-state index is 0.227. The molecule has 1 saturated heterocycles. The number of benzene rings is 1. The number of urea groups is 1. The summed E-state index contributed by atoms with van der Waals surface area (Å²) in [4.78, 5) is 13.7. The molecule has 2 atom stereocenters. The van der Waals surface area contributed by atoms with Crippen LogP contribution < -0.4 is 20.6 Å². The standard InChI is InChI=1S/C20H30N4O3/c1-12(2)7-14-11-24-6-5-13-8-18(26-3)19(27-4)9-15(13)17(24)10-16(14)22-23-20(21)25/h8-9,12,14,17H,5-7,10-11H2,1-4H3,(H3,21,23,25)/b22-16+/t14-,17+/m1/s1. The predicted molar refractivity (Wildman–Crippen MR) is 105 cm³/mol. The number of rotatable bonds is 5. The molecule has 2 heterocycles. The van der Waals surface area contributed by atoms with E-state index in [9.17, 15) is 4.79 Å². The fraction of sp³-hybridized carbons (Fsp3) is 0.600. The van der Waals surface area contributed by atoms with Crippen LogP contribution in [0.15, 0.2) is 17.2 Å². The molecule has 0 radical (unpaired) electrons. The first-order chi connectivity index (χ1) is 12.9. The van der Waals surface area contributed by atoms with E-state index in [0.717, 1.165) is 49.6 Å². The van der Waals surface area contributed by atoms with Crippen molar-refractivity contribution < 1.29 is 14.3 Å². The van der Waals surface area contributed by atoms with Gasteiger partial charge in [-0.2, -0.15) is 5.10 Å². The Hall–Kier alpha value is -2.28. The van der Waals surface area contributed by atoms with Gasteiger partial charge in [0.05, 0.1) is 14.2 Å². The molecule has 3 rings (SSSR count). The van der Waals surface area contributed by atoms with Crippen LogP contribution >= 0.6 is 0 Å². The van der Waals surface area contributed by atoms with Crippen LogP contribution in [0, 0.1) is 11.8 Å². The smallest absolute Gasteiger partial charge is 0.332 e. The van der Waals surface area contributed by atoms with Gasteiger partial charge in [0.25, 0.3) is 0 Å². The fourth-order valence-corrected chi connectivity index (χ4v) is 4.33. The lowest BCUT2D eigenvalue weighted by atomic mass is 9.79. The maximum atomic E-state index is 11.2. The highest BCUT2D eigenvalue weighted by Gasteiger charge is 2.37. The lowest BCUT2D eigenvalue weighted by molar-refractivity contribution is 0.147. The Morgan fingerprint density at radius 2 is 2.04 bits per heavy atom. The first-order valence-electron chi connectivity index (χ1n) is 9.53. The summed E-state index contributed by atoms with van der Waals surface area (Å²) >= 11 is 0. The molecule has 148 valence electrons. The number of methoxy groups -OCH3 is 2. The highest BCUT2D eigenvalue weighted by atomic mass is 16.5. The summed E-state index contributed by atoms with van der Waals surface area (Å²) in [7, 11) is 3.32. The van der Waals surface area contributed by atoms with E-state index >= 15 is 0 Å². The Balaban J connectivity index is 1.93. The first-order valence-corrected chi connectivity index (χ1v) is 9.53. The average molecular weight is 374 g/mol. The third-order valence-electron chi connectivity index (χ3n) is 5.51. The summed E-state index contributed by atoms with van der Waals surface area (Å²) in [6.45, 7) is 6.38. The summed E-state index contributed by atoms with van der Waals surface area (Å²) in [5.74, 6) is 2.40. The molecule has 7 nitrogen and oxygen atoms in total. The van der Waals surface area contributed by atoms with Crippen LogP contribution in [0.2, 0.25) is 0 Å². The van der Waals surface area contributed by atoms with Crippen LogP contribution in [0.25, 0.3) is 0 Å². The molecule has 0 bridgehead atoms. The molecule has 2 aliphatic rings. The Kier molecular flexibility index (Phi) is 5.89. The van der Waals surface area contributed by atoms with Crippen LogP contribution in [-0.2, 0) is 6.42 Å². The van der Waals surface area contributed by atoms with Crippen LogP contribution in [0.5, 0.6) is 11.5 Å². The van der Waals surface area contributed by atoms with Crippen molar-refractivity contribution in [3.63, 3.8) is 0 Å². The largest absolute Gasteiger partial charge is 0.493 e. The predicted octanol–water partition coefficient (Wildman–Crippen LogP) is 2.69. The zero-order valence-corrected chi connectivity index (χ0v) is 16.6. The number of hydrogen-bond acceptors (Lipinski definition) is 5. The average Bonchev–Trinajstić information content (AvgIpc) is 2.64. The highest BCUT2D eigenvalue weighted by molar-refractivity contribution is 5.89. The van der Waals surface area contributed by atoms with E-state index in [1.807, 2.05) is 0 Å². The molecule has 7 heteroatoms. The van der Waals surface area contributed by atoms with Crippen molar-refractivity contribution in [1.82, 2.24) is 10.3 Å². The zero-order valence-electron chi connectivity index (χ0n) is 16.6. The van der Waals surface area contributed by atoms with Gasteiger partial charge >= 0.3 is 6.03 Å². The molecule has 1 fully saturated rings. The SMILES string of the molecule is COc1cc2c(cc1OC)[C@@H]1C/C(=N\NC(N)=O)[C@H](CC(C)C)CN1CC2. The molecule has 1 aromatic carbocycles. The van der Waals surface area contributed by atoms with Gasteiger partial charge in [0.2, 0.25) is 0 Å². The molecule has 2 amide bonds. The number of fused-ring (bicyclic) bond motifs is 3. The van der Waals surface area contributed by atoms with Crippen LogP contribution in [0.1, 0.15) is 43.9 Å². The van der Waals surface area contributed by atoms with Crippen LogP contribution in [-0.4, -0.2) is 44.0 Å². The van der Waals surface area contributed by atoms with Crippen molar-refractivity contribution in [2.45, 2.75) is 39.2 Å². The quantitative estimate of drug-likeness (QED) is 0.776. The number of carbonyl (C=O) groups excluding carboxylic acids is 1. The number of nitrogens with two attached hydrogens (primary N) is 1. The van der Waals surface area contributed by atoms with Crippen molar-refractivity contribution in [1.29, 1.82) is 0 Å². The number of amides is 2. The molecule has 1 aromatic rings. The van der Waals surface area contributed by atoms with E-state index in [1.54, 1.807) is 14.2 Å². The Morgan fingerprint density at radius 1 is 1.33 bits per heavy atom. The number of piperidine rings is 1. The van der Waals surface area contributed by atoms with Crippen molar-refractivity contribution in [2.75, 3.05) is 27.3 Å². The third kappa shape index (κ3) is 4.18. The number of primary amides is 1. The van der Waals surface area contributed by atoms with Gasteiger partial charge < -0.3 is 15.2 Å². The summed E-state index contributed by atoms with van der Waals surface area (Å²) in [5.41, 5.74) is 11.2. The lowest BCUT2D eigenvalue weighted by Crippen LogP contribution is -2.47. The number of ether oxygens (including phenoxy) is 2. The summed E-state index contributed by atoms with van der Waals surface area (Å²) < 4.78 is 11.0. The number of nitrogens with zero attached hydrogens (tertiary/aromatic N) is 2. The molecule has 0 unspecified atom stereocenters. The van der Waals surface area contributed by atoms with E-state index in [1.165, 1.54) is 11.1 Å². The molecule has 27 heavy (non-hydrogen) atoms. The lowest BCUT2D eigenvalue weighted by Gasteiger charge is -2.44. The second-order valence-corrected chi connectivity index (χ2v) is 7.78. The summed E-state index contributed by atoms with van der Waals surface area (Å²) in [5, 5.41) is 4.37. The second-order valence-electron chi connectivity index (χ2n) is 7.78. The maximum absolute atomic E-state index is 11.2. The molecule has 3 N–H and O–H groups in total. The molecular weight excluding hydrogens is 344 g/mol. The van der Waals surface area contributed by atoms with Gasteiger partial charge in [0.15, 0.2) is 11.5 Å². The van der Waals surface area contributed by atoms with Gasteiger partial charge in [-0.3, -0.25) is 4.90 Å². The van der Waals surface area contributed by atoms with Crippen molar-refractivity contribution >= 4 is 11.7 Å². The Morgan fingerprint density at radius 3 is 2.67 bits per heavy atom. The van der Waals surface area contributed by atoms with E-state index in [4.69, 9.17) is 15.2 Å². The van der Waals surface area contributed by atoms with E-state index in [0.29, 0.717) is 11.8 Å². The fourth-order valence-electron chi connectivity index (χ4n) is 4.33. The molecule has 0 spiro atoms. The van der Waals surface area contributed by atoms with E-state index in [-0.39, 0.29) is 6.04 Å². The molecule has 0 aromatic heterocycles. The number of hydrogen-bond donors (Lipinski definition) is 2. The topological polar surface area (TPSA) is 89.2 Å².